The van der Waals surface area contributed by atoms with Crippen LogP contribution in [-0.4, -0.2) is 24.1 Å². The second kappa shape index (κ2) is 7.00. The van der Waals surface area contributed by atoms with Crippen molar-refractivity contribution in [1.82, 2.24) is 0 Å². The van der Waals surface area contributed by atoms with Crippen LogP contribution in [0.5, 0.6) is 5.75 Å². The fourth-order valence-corrected chi connectivity index (χ4v) is 7.32. The van der Waals surface area contributed by atoms with Crippen molar-refractivity contribution in [1.29, 1.82) is 0 Å². The van der Waals surface area contributed by atoms with Crippen LogP contribution in [0.4, 0.5) is 0 Å². The van der Waals surface area contributed by atoms with E-state index in [9.17, 15) is 9.70 Å². The highest BCUT2D eigenvalue weighted by Gasteiger charge is 2.54. The third-order valence-corrected chi connectivity index (χ3v) is 8.07. The van der Waals surface area contributed by atoms with E-state index in [1.54, 1.807) is 7.11 Å². The van der Waals surface area contributed by atoms with E-state index in [1.165, 1.54) is 19.3 Å². The molecule has 5 aliphatic rings. The number of rotatable bonds is 6. The molecule has 4 aliphatic carbocycles. The Morgan fingerprint density at radius 2 is 1.77 bits per heavy atom. The number of nitrogens with zero attached hydrogens (tertiary/aromatic N) is 2. The summed E-state index contributed by atoms with van der Waals surface area (Å²) in [5.41, 5.74) is 3.44. The van der Waals surface area contributed by atoms with Crippen LogP contribution in [0, 0.1) is 28.1 Å². The Morgan fingerprint density at radius 1 is 1.13 bits per heavy atom. The summed E-state index contributed by atoms with van der Waals surface area (Å²) < 4.78 is 5.51. The monoisotopic (exact) mass is 408 g/mol. The molecular formula is C25H32N2O3. The van der Waals surface area contributed by atoms with E-state index < -0.39 is 0 Å². The molecule has 5 nitrogen and oxygen atoms in total. The molecule has 6 rings (SSSR count). The molecule has 0 spiro atoms. The summed E-state index contributed by atoms with van der Waals surface area (Å²) >= 11 is 0. The van der Waals surface area contributed by atoms with Crippen molar-refractivity contribution >= 4 is 11.5 Å². The summed E-state index contributed by atoms with van der Waals surface area (Å²) in [5.74, 6) is 3.36. The van der Waals surface area contributed by atoms with Crippen LogP contribution in [0.1, 0.15) is 75.5 Å². The van der Waals surface area contributed by atoms with Gasteiger partial charge in [-0.25, -0.2) is 0 Å². The van der Waals surface area contributed by atoms with E-state index in [4.69, 9.17) is 9.73 Å². The minimum Gasteiger partial charge on any atom is -0.496 e. The molecular weight excluding hydrogens is 376 g/mol. The largest absolute Gasteiger partial charge is 0.496 e. The molecule has 4 saturated carbocycles. The predicted octanol–water partition coefficient (Wildman–Crippen LogP) is 5.26. The van der Waals surface area contributed by atoms with E-state index in [1.807, 2.05) is 12.1 Å². The van der Waals surface area contributed by atoms with Gasteiger partial charge in [-0.05, 0) is 99.8 Å². The molecule has 1 aromatic rings. The maximum Gasteiger partial charge on any atom is 0.145 e. The highest BCUT2D eigenvalue weighted by atomic mass is 16.5. The molecule has 160 valence electrons. The Hall–Kier alpha value is -2.04. The van der Waals surface area contributed by atoms with Crippen LogP contribution in [-0.2, 0) is 17.8 Å². The number of ketones is 1. The average Bonchev–Trinajstić information content (AvgIpc) is 2.66. The lowest BCUT2D eigenvalue weighted by Crippen LogP contribution is -2.50. The Kier molecular flexibility index (Phi) is 4.64. The minimum atomic E-state index is -0.250. The van der Waals surface area contributed by atoms with Gasteiger partial charge in [-0.15, -0.1) is 0 Å². The molecule has 0 N–H and O–H groups in total. The van der Waals surface area contributed by atoms with Crippen molar-refractivity contribution in [3.63, 3.8) is 0 Å². The predicted molar refractivity (Wildman–Crippen MR) is 117 cm³/mol. The van der Waals surface area contributed by atoms with Crippen LogP contribution >= 0.6 is 0 Å². The molecule has 0 radical (unpaired) electrons. The summed E-state index contributed by atoms with van der Waals surface area (Å²) in [6.45, 7) is 4.31. The lowest BCUT2D eigenvalue weighted by atomic mass is 9.48. The SMILES string of the molecule is COc1cc2c(cc1CN=O)C(CC(=O)C13CC4CC(CC(C4)C1)C3)=NC(C)(C)C2. The number of ether oxygens (including phenoxy) is 1. The first-order chi connectivity index (χ1) is 14.3. The molecule has 1 aliphatic heterocycles. The van der Waals surface area contributed by atoms with Gasteiger partial charge in [0.2, 0.25) is 0 Å². The maximum absolute atomic E-state index is 13.7. The van der Waals surface area contributed by atoms with Gasteiger partial charge in [0.1, 0.15) is 18.1 Å². The van der Waals surface area contributed by atoms with E-state index in [0.29, 0.717) is 18.0 Å². The van der Waals surface area contributed by atoms with Crippen molar-refractivity contribution < 1.29 is 9.53 Å². The fourth-order valence-electron chi connectivity index (χ4n) is 7.32. The summed E-state index contributed by atoms with van der Waals surface area (Å²) in [7, 11) is 1.62. The van der Waals surface area contributed by atoms with Crippen molar-refractivity contribution in [3.05, 3.63) is 33.7 Å². The molecule has 1 heterocycles. The summed E-state index contributed by atoms with van der Waals surface area (Å²) in [5, 5.41) is 3.07. The van der Waals surface area contributed by atoms with E-state index in [2.05, 4.69) is 19.0 Å². The third kappa shape index (κ3) is 3.30. The molecule has 4 bridgehead atoms. The number of Topliss-reactive ketones (excluding diaryl/α,β-unsaturated/α-hetero) is 1. The summed E-state index contributed by atoms with van der Waals surface area (Å²) in [6, 6.07) is 4.00. The molecule has 0 unspecified atom stereocenters. The van der Waals surface area contributed by atoms with Crippen LogP contribution in [0.2, 0.25) is 0 Å². The zero-order chi connectivity index (χ0) is 21.1. The zero-order valence-corrected chi connectivity index (χ0v) is 18.4. The highest BCUT2D eigenvalue weighted by molar-refractivity contribution is 6.14. The molecule has 0 aromatic heterocycles. The van der Waals surface area contributed by atoms with Crippen molar-refractivity contribution in [2.24, 2.45) is 33.3 Å². The van der Waals surface area contributed by atoms with Gasteiger partial charge in [-0.2, -0.15) is 4.91 Å². The number of carbonyl (C=O) groups is 1. The number of nitroso groups, excluding NO2 is 1. The van der Waals surface area contributed by atoms with E-state index in [0.717, 1.165) is 65.8 Å². The molecule has 30 heavy (non-hydrogen) atoms. The normalized spacial score (nSPS) is 33.0. The maximum atomic E-state index is 13.7. The van der Waals surface area contributed by atoms with E-state index in [-0.39, 0.29) is 17.5 Å². The number of fused-ring (bicyclic) bond motifs is 1. The summed E-state index contributed by atoms with van der Waals surface area (Å²) in [6.07, 6.45) is 8.48. The smallest absolute Gasteiger partial charge is 0.145 e. The third-order valence-electron chi connectivity index (χ3n) is 8.07. The standard InChI is InChI=1S/C25H32N2O3/c1-24(2)13-18-8-22(30-3)19(14-26-29)7-20(18)21(27-24)9-23(28)25-10-15-4-16(11-25)6-17(5-15)12-25/h7-8,15-17H,4-6,9-14H2,1-3H3. The quantitative estimate of drug-likeness (QED) is 0.603. The van der Waals surface area contributed by atoms with Gasteiger partial charge < -0.3 is 4.74 Å². The second-order valence-corrected chi connectivity index (χ2v) is 11.0. The average molecular weight is 409 g/mol. The molecule has 1 aromatic carbocycles. The van der Waals surface area contributed by atoms with Gasteiger partial charge in [0.05, 0.1) is 18.4 Å². The van der Waals surface area contributed by atoms with Crippen LogP contribution in [0.3, 0.4) is 0 Å². The Labute approximate surface area is 178 Å². The van der Waals surface area contributed by atoms with Gasteiger partial charge in [0, 0.05) is 17.4 Å². The lowest BCUT2D eigenvalue weighted by molar-refractivity contribution is -0.142. The molecule has 5 heteroatoms. The number of hydrogen-bond acceptors (Lipinski definition) is 5. The zero-order valence-electron chi connectivity index (χ0n) is 18.4. The van der Waals surface area contributed by atoms with Crippen molar-refractivity contribution in [2.75, 3.05) is 7.11 Å². The first-order valence-corrected chi connectivity index (χ1v) is 11.4. The van der Waals surface area contributed by atoms with E-state index >= 15 is 0 Å². The van der Waals surface area contributed by atoms with Gasteiger partial charge >= 0.3 is 0 Å². The topological polar surface area (TPSA) is 68.1 Å². The van der Waals surface area contributed by atoms with Gasteiger partial charge in [-0.3, -0.25) is 9.79 Å². The number of carbonyl (C=O) groups excluding carboxylic acids is 1. The fraction of sp³-hybridized carbons (Fsp3) is 0.680. The van der Waals surface area contributed by atoms with Gasteiger partial charge in [0.15, 0.2) is 0 Å². The molecule has 4 fully saturated rings. The van der Waals surface area contributed by atoms with Crippen LogP contribution in [0.15, 0.2) is 22.3 Å². The second-order valence-electron chi connectivity index (χ2n) is 11.0. The Bertz CT molecular complexity index is 895. The molecule has 0 amide bonds. The number of aliphatic imine (C=N–C) groups is 1. The highest BCUT2D eigenvalue weighted by Crippen LogP contribution is 2.60. The first-order valence-electron chi connectivity index (χ1n) is 11.4. The van der Waals surface area contributed by atoms with Crippen molar-refractivity contribution in [2.45, 2.75) is 77.3 Å². The van der Waals surface area contributed by atoms with Gasteiger partial charge in [0.25, 0.3) is 0 Å². The first kappa shape index (κ1) is 19.9. The van der Waals surface area contributed by atoms with Crippen molar-refractivity contribution in [3.8, 4) is 5.75 Å². The molecule has 0 saturated heterocycles. The van der Waals surface area contributed by atoms with Gasteiger partial charge in [-0.1, -0.05) is 5.18 Å². The van der Waals surface area contributed by atoms with Crippen LogP contribution in [0.25, 0.3) is 0 Å². The Morgan fingerprint density at radius 3 is 2.33 bits per heavy atom. The molecule has 0 atom stereocenters. The van der Waals surface area contributed by atoms with Crippen LogP contribution < -0.4 is 4.74 Å². The Balaban J connectivity index is 1.48. The number of methoxy groups -OCH3 is 1. The minimum absolute atomic E-state index is 0.0655. The number of benzene rings is 1. The lowest BCUT2D eigenvalue weighted by Gasteiger charge is -2.56. The summed E-state index contributed by atoms with van der Waals surface area (Å²) in [4.78, 5) is 29.7. The number of hydrogen-bond donors (Lipinski definition) is 0.